The summed E-state index contributed by atoms with van der Waals surface area (Å²) in [5.74, 6) is 0. The van der Waals surface area contributed by atoms with Crippen LogP contribution in [0.5, 0.6) is 0 Å². The van der Waals surface area contributed by atoms with Gasteiger partial charge in [0.15, 0.2) is 0 Å². The van der Waals surface area contributed by atoms with Crippen LogP contribution in [0.1, 0.15) is 23.2 Å². The van der Waals surface area contributed by atoms with Crippen LogP contribution < -0.4 is 0 Å². The van der Waals surface area contributed by atoms with Gasteiger partial charge in [0.2, 0.25) is 0 Å². The van der Waals surface area contributed by atoms with Gasteiger partial charge in [0.05, 0.1) is 16.8 Å². The van der Waals surface area contributed by atoms with Crippen LogP contribution in [-0.2, 0) is 22.9 Å². The molecular formula is C18H19N3O2S. The van der Waals surface area contributed by atoms with Gasteiger partial charge in [-0.1, -0.05) is 53.2 Å². The lowest BCUT2D eigenvalue weighted by Gasteiger charge is -2.03. The Morgan fingerprint density at radius 3 is 2.38 bits per heavy atom. The quantitative estimate of drug-likeness (QED) is 0.691. The number of benzene rings is 2. The van der Waals surface area contributed by atoms with Gasteiger partial charge in [-0.2, -0.15) is 8.42 Å². The van der Waals surface area contributed by atoms with Crippen LogP contribution in [0, 0.1) is 6.92 Å². The second kappa shape index (κ2) is 6.97. The first-order valence-electron chi connectivity index (χ1n) is 7.83. The Bertz CT molecular complexity index is 901. The van der Waals surface area contributed by atoms with Crippen molar-refractivity contribution in [3.63, 3.8) is 0 Å². The van der Waals surface area contributed by atoms with Gasteiger partial charge >= 0.3 is 0 Å². The summed E-state index contributed by atoms with van der Waals surface area (Å²) in [6.45, 7) is 1.91. The van der Waals surface area contributed by atoms with Gasteiger partial charge < -0.3 is 0 Å². The molecule has 24 heavy (non-hydrogen) atoms. The smallest absolute Gasteiger partial charge is 0.199 e. The molecule has 124 valence electrons. The minimum Gasteiger partial charge on any atom is -0.199 e. The predicted molar refractivity (Wildman–Crippen MR) is 92.3 cm³/mol. The van der Waals surface area contributed by atoms with Crippen molar-refractivity contribution >= 4 is 10.0 Å². The van der Waals surface area contributed by atoms with Crippen LogP contribution in [0.2, 0.25) is 0 Å². The van der Waals surface area contributed by atoms with Crippen molar-refractivity contribution in [2.75, 3.05) is 0 Å². The maximum atomic E-state index is 12.5. The van der Waals surface area contributed by atoms with Gasteiger partial charge in [0.1, 0.15) is 0 Å². The van der Waals surface area contributed by atoms with Crippen molar-refractivity contribution in [2.45, 2.75) is 31.1 Å². The van der Waals surface area contributed by atoms with Crippen LogP contribution in [0.3, 0.4) is 0 Å². The molecule has 1 aromatic heterocycles. The van der Waals surface area contributed by atoms with E-state index < -0.39 is 10.0 Å². The van der Waals surface area contributed by atoms with Crippen LogP contribution in [0.25, 0.3) is 0 Å². The minimum absolute atomic E-state index is 0.217. The molecular weight excluding hydrogens is 322 g/mol. The lowest BCUT2D eigenvalue weighted by molar-refractivity contribution is 0.577. The van der Waals surface area contributed by atoms with Crippen molar-refractivity contribution in [2.24, 2.45) is 0 Å². The highest BCUT2D eigenvalue weighted by atomic mass is 32.2. The Morgan fingerprint density at radius 2 is 1.67 bits per heavy atom. The lowest BCUT2D eigenvalue weighted by Crippen LogP contribution is -2.13. The molecule has 0 radical (unpaired) electrons. The molecule has 0 saturated carbocycles. The average Bonchev–Trinajstić information content (AvgIpc) is 3.06. The third-order valence-electron chi connectivity index (χ3n) is 3.83. The van der Waals surface area contributed by atoms with Crippen LogP contribution in [0.15, 0.2) is 65.7 Å². The number of rotatable bonds is 6. The maximum Gasteiger partial charge on any atom is 0.284 e. The summed E-state index contributed by atoms with van der Waals surface area (Å²) >= 11 is 0. The Hall–Kier alpha value is -2.47. The molecule has 0 aliphatic heterocycles. The van der Waals surface area contributed by atoms with Crippen molar-refractivity contribution < 1.29 is 8.42 Å². The molecule has 5 nitrogen and oxygen atoms in total. The molecule has 3 aromatic rings. The highest BCUT2D eigenvalue weighted by molar-refractivity contribution is 7.89. The van der Waals surface area contributed by atoms with Gasteiger partial charge in [-0.3, -0.25) is 0 Å². The Labute approximate surface area is 142 Å². The largest absolute Gasteiger partial charge is 0.284 e. The second-order valence-corrected chi connectivity index (χ2v) is 7.54. The van der Waals surface area contributed by atoms with Crippen LogP contribution in [-0.4, -0.2) is 22.8 Å². The monoisotopic (exact) mass is 341 g/mol. The molecule has 0 spiro atoms. The zero-order valence-electron chi connectivity index (χ0n) is 13.5. The molecule has 1 heterocycles. The second-order valence-electron chi connectivity index (χ2n) is 5.74. The van der Waals surface area contributed by atoms with Crippen molar-refractivity contribution in [1.29, 1.82) is 0 Å². The predicted octanol–water partition coefficient (Wildman–Crippen LogP) is 3.00. The topological polar surface area (TPSA) is 64.8 Å². The van der Waals surface area contributed by atoms with Crippen LogP contribution >= 0.6 is 0 Å². The average molecular weight is 341 g/mol. The normalized spacial score (nSPS) is 11.5. The Kier molecular flexibility index (Phi) is 4.76. The summed E-state index contributed by atoms with van der Waals surface area (Å²) in [5, 5.41) is 7.78. The first kappa shape index (κ1) is 16.4. The third-order valence-corrected chi connectivity index (χ3v) is 5.37. The summed E-state index contributed by atoms with van der Waals surface area (Å²) in [6.07, 6.45) is 4.02. The van der Waals surface area contributed by atoms with E-state index in [4.69, 9.17) is 0 Å². The van der Waals surface area contributed by atoms with Gasteiger partial charge in [0, 0.05) is 0 Å². The summed E-state index contributed by atoms with van der Waals surface area (Å²) in [7, 11) is -3.67. The van der Waals surface area contributed by atoms with E-state index in [1.165, 1.54) is 11.8 Å². The zero-order valence-corrected chi connectivity index (χ0v) is 14.3. The number of hydrogen-bond acceptors (Lipinski definition) is 4. The fourth-order valence-electron chi connectivity index (χ4n) is 2.45. The molecule has 6 heteroatoms. The first-order chi connectivity index (χ1) is 11.6. The molecule has 0 N–H and O–H groups in total. The first-order valence-corrected chi connectivity index (χ1v) is 9.27. The standard InChI is InChI=1S/C18H19N3O2S/c1-15-10-12-18(13-11-15)24(22,23)21-14-17(19-20-21)9-5-8-16-6-3-2-4-7-16/h2-4,6-7,10-14H,5,8-9H2,1H3. The molecule has 0 atom stereocenters. The molecule has 0 bridgehead atoms. The van der Waals surface area contributed by atoms with Crippen molar-refractivity contribution in [1.82, 2.24) is 14.4 Å². The fraction of sp³-hybridized carbons (Fsp3) is 0.222. The lowest BCUT2D eigenvalue weighted by atomic mass is 10.1. The van der Waals surface area contributed by atoms with Gasteiger partial charge in [-0.05, 0) is 43.9 Å². The highest BCUT2D eigenvalue weighted by Crippen LogP contribution is 2.14. The summed E-state index contributed by atoms with van der Waals surface area (Å²) in [4.78, 5) is 0.217. The molecule has 0 saturated heterocycles. The SMILES string of the molecule is Cc1ccc(S(=O)(=O)n2cc(CCCc3ccccc3)nn2)cc1. The zero-order chi connectivity index (χ0) is 17.0. The van der Waals surface area contributed by atoms with Gasteiger partial charge in [-0.25, -0.2) is 0 Å². The summed E-state index contributed by atoms with van der Waals surface area (Å²) in [6, 6.07) is 16.9. The number of hydrogen-bond donors (Lipinski definition) is 0. The minimum atomic E-state index is -3.67. The van der Waals surface area contributed by atoms with E-state index >= 15 is 0 Å². The highest BCUT2D eigenvalue weighted by Gasteiger charge is 2.18. The molecule has 2 aromatic carbocycles. The van der Waals surface area contributed by atoms with Crippen LogP contribution in [0.4, 0.5) is 0 Å². The summed E-state index contributed by atoms with van der Waals surface area (Å²) < 4.78 is 26.0. The van der Waals surface area contributed by atoms with E-state index in [0.717, 1.165) is 22.5 Å². The van der Waals surface area contributed by atoms with E-state index in [2.05, 4.69) is 22.4 Å². The Morgan fingerprint density at radius 1 is 0.958 bits per heavy atom. The van der Waals surface area contributed by atoms with Gasteiger partial charge in [-0.15, -0.1) is 9.19 Å². The van der Waals surface area contributed by atoms with Crippen molar-refractivity contribution in [3.8, 4) is 0 Å². The number of nitrogens with zero attached hydrogens (tertiary/aromatic N) is 3. The third kappa shape index (κ3) is 3.71. The number of aromatic nitrogens is 3. The molecule has 3 rings (SSSR count). The van der Waals surface area contributed by atoms with E-state index in [9.17, 15) is 8.42 Å². The molecule has 0 aliphatic rings. The fourth-order valence-corrected chi connectivity index (χ4v) is 3.54. The van der Waals surface area contributed by atoms with E-state index in [1.54, 1.807) is 24.3 Å². The number of aryl methyl sites for hydroxylation is 3. The molecule has 0 aliphatic carbocycles. The molecule has 0 unspecified atom stereocenters. The van der Waals surface area contributed by atoms with Gasteiger partial charge in [0.25, 0.3) is 10.0 Å². The van der Waals surface area contributed by atoms with E-state index in [1.807, 2.05) is 25.1 Å². The Balaban J connectivity index is 1.67. The van der Waals surface area contributed by atoms with Crippen molar-refractivity contribution in [3.05, 3.63) is 77.6 Å². The van der Waals surface area contributed by atoms with E-state index in [0.29, 0.717) is 12.1 Å². The summed E-state index contributed by atoms with van der Waals surface area (Å²) in [5.41, 5.74) is 2.95. The molecule has 0 fully saturated rings. The molecule has 0 amide bonds. The van der Waals surface area contributed by atoms with E-state index in [-0.39, 0.29) is 4.90 Å². The maximum absolute atomic E-state index is 12.5.